The number of aryl methyl sites for hydroxylation is 1. The fourth-order valence-electron chi connectivity index (χ4n) is 3.05. The van der Waals surface area contributed by atoms with Crippen LogP contribution in [-0.4, -0.2) is 36.5 Å². The molecule has 5 heteroatoms. The molecule has 1 heterocycles. The van der Waals surface area contributed by atoms with Crippen LogP contribution in [0.2, 0.25) is 0 Å². The summed E-state index contributed by atoms with van der Waals surface area (Å²) in [6, 6.07) is 12.5. The molecule has 0 saturated heterocycles. The van der Waals surface area contributed by atoms with Gasteiger partial charge in [0.15, 0.2) is 12.4 Å². The van der Waals surface area contributed by atoms with Crippen LogP contribution < -0.4 is 26.4 Å². The number of anilines is 1. The SMILES string of the molecule is CCCCCC[n+]1ccc(/C=C/c2ccc(N(CCO)CCO)cc2)cc1.[Br-]. The van der Waals surface area contributed by atoms with Crippen LogP contribution in [0.5, 0.6) is 0 Å². The molecular formula is C23H33BrN2O2. The minimum absolute atomic E-state index is 0. The van der Waals surface area contributed by atoms with Crippen molar-refractivity contribution in [2.45, 2.75) is 39.2 Å². The largest absolute Gasteiger partial charge is 1.00 e. The van der Waals surface area contributed by atoms with Crippen molar-refractivity contribution < 1.29 is 31.8 Å². The number of hydrogen-bond acceptors (Lipinski definition) is 3. The third-order valence-electron chi connectivity index (χ3n) is 4.65. The third kappa shape index (κ3) is 8.55. The zero-order chi connectivity index (χ0) is 19.3. The predicted octanol–water partition coefficient (Wildman–Crippen LogP) is 0.520. The van der Waals surface area contributed by atoms with Gasteiger partial charge >= 0.3 is 0 Å². The molecule has 0 saturated carbocycles. The normalized spacial score (nSPS) is 10.8. The van der Waals surface area contributed by atoms with Gasteiger partial charge in [-0.1, -0.05) is 44.1 Å². The molecular weight excluding hydrogens is 416 g/mol. The highest BCUT2D eigenvalue weighted by molar-refractivity contribution is 5.70. The number of aliphatic hydroxyl groups is 2. The van der Waals surface area contributed by atoms with Crippen molar-refractivity contribution in [2.75, 3.05) is 31.2 Å². The maximum absolute atomic E-state index is 9.14. The van der Waals surface area contributed by atoms with E-state index in [1.165, 1.54) is 31.2 Å². The second-order valence-electron chi connectivity index (χ2n) is 6.79. The average molecular weight is 449 g/mol. The second-order valence-corrected chi connectivity index (χ2v) is 6.79. The Morgan fingerprint density at radius 1 is 0.821 bits per heavy atom. The number of benzene rings is 1. The van der Waals surface area contributed by atoms with E-state index in [1.54, 1.807) is 0 Å². The summed E-state index contributed by atoms with van der Waals surface area (Å²) in [5.74, 6) is 0. The molecule has 4 nitrogen and oxygen atoms in total. The fraction of sp³-hybridized carbons (Fsp3) is 0.435. The summed E-state index contributed by atoms with van der Waals surface area (Å²) in [5.41, 5.74) is 3.33. The highest BCUT2D eigenvalue weighted by Gasteiger charge is 2.04. The molecule has 2 aromatic rings. The number of aliphatic hydroxyl groups excluding tert-OH is 2. The zero-order valence-electron chi connectivity index (χ0n) is 16.8. The lowest BCUT2D eigenvalue weighted by Crippen LogP contribution is -3.00. The van der Waals surface area contributed by atoms with E-state index in [4.69, 9.17) is 10.2 Å². The Hall–Kier alpha value is -1.69. The van der Waals surface area contributed by atoms with Crippen LogP contribution in [0, 0.1) is 0 Å². The van der Waals surface area contributed by atoms with E-state index in [0.29, 0.717) is 13.1 Å². The molecule has 0 fully saturated rings. The topological polar surface area (TPSA) is 47.6 Å². The Morgan fingerprint density at radius 2 is 1.39 bits per heavy atom. The van der Waals surface area contributed by atoms with Crippen LogP contribution in [0.1, 0.15) is 43.7 Å². The third-order valence-corrected chi connectivity index (χ3v) is 4.65. The highest BCUT2D eigenvalue weighted by Crippen LogP contribution is 2.16. The summed E-state index contributed by atoms with van der Waals surface area (Å²) in [6.07, 6.45) is 13.7. The van der Waals surface area contributed by atoms with Gasteiger partial charge in [0.1, 0.15) is 6.54 Å². The number of nitrogens with zero attached hydrogens (tertiary/aromatic N) is 2. The van der Waals surface area contributed by atoms with Crippen molar-refractivity contribution in [1.29, 1.82) is 0 Å². The number of rotatable bonds is 12. The van der Waals surface area contributed by atoms with Crippen molar-refractivity contribution in [2.24, 2.45) is 0 Å². The molecule has 0 aliphatic heterocycles. The number of pyridine rings is 1. The molecule has 1 aromatic heterocycles. The summed E-state index contributed by atoms with van der Waals surface area (Å²) in [6.45, 7) is 4.53. The second kappa shape index (κ2) is 14.3. The van der Waals surface area contributed by atoms with Gasteiger partial charge in [-0.25, -0.2) is 4.57 Å². The summed E-state index contributed by atoms with van der Waals surface area (Å²) >= 11 is 0. The van der Waals surface area contributed by atoms with Crippen LogP contribution in [0.4, 0.5) is 5.69 Å². The Labute approximate surface area is 179 Å². The number of unbranched alkanes of at least 4 members (excludes halogenated alkanes) is 3. The first-order chi connectivity index (χ1) is 13.3. The van der Waals surface area contributed by atoms with E-state index in [2.05, 4.69) is 60.3 Å². The van der Waals surface area contributed by atoms with Crippen molar-refractivity contribution in [3.05, 3.63) is 59.9 Å². The first kappa shape index (κ1) is 24.3. The predicted molar refractivity (Wildman–Crippen MR) is 113 cm³/mol. The van der Waals surface area contributed by atoms with Gasteiger partial charge in [0.25, 0.3) is 0 Å². The summed E-state index contributed by atoms with van der Waals surface area (Å²) in [7, 11) is 0. The van der Waals surface area contributed by atoms with Crippen LogP contribution in [-0.2, 0) is 6.54 Å². The quantitative estimate of drug-likeness (QED) is 0.367. The molecule has 0 amide bonds. The Morgan fingerprint density at radius 3 is 1.93 bits per heavy atom. The lowest BCUT2D eigenvalue weighted by molar-refractivity contribution is -0.697. The van der Waals surface area contributed by atoms with E-state index in [0.717, 1.165) is 17.8 Å². The molecule has 0 aliphatic rings. The Balaban J connectivity index is 0.00000392. The average Bonchev–Trinajstić information content (AvgIpc) is 2.71. The lowest BCUT2D eigenvalue weighted by Gasteiger charge is -2.22. The maximum Gasteiger partial charge on any atom is 0.169 e. The molecule has 2 N–H and O–H groups in total. The van der Waals surface area contributed by atoms with E-state index in [9.17, 15) is 0 Å². The van der Waals surface area contributed by atoms with Crippen molar-refractivity contribution in [3.8, 4) is 0 Å². The molecule has 0 bridgehead atoms. The summed E-state index contributed by atoms with van der Waals surface area (Å²) in [4.78, 5) is 1.98. The lowest BCUT2D eigenvalue weighted by atomic mass is 10.1. The molecule has 154 valence electrons. The van der Waals surface area contributed by atoms with Crippen LogP contribution >= 0.6 is 0 Å². The molecule has 0 aliphatic carbocycles. The highest BCUT2D eigenvalue weighted by atomic mass is 79.9. The van der Waals surface area contributed by atoms with Crippen LogP contribution in [0.25, 0.3) is 12.2 Å². The maximum atomic E-state index is 9.14. The molecule has 0 spiro atoms. The first-order valence-corrected chi connectivity index (χ1v) is 10.0. The Bertz CT molecular complexity index is 666. The minimum Gasteiger partial charge on any atom is -1.00 e. The number of hydrogen-bond donors (Lipinski definition) is 2. The molecule has 28 heavy (non-hydrogen) atoms. The zero-order valence-corrected chi connectivity index (χ0v) is 18.4. The van der Waals surface area contributed by atoms with Gasteiger partial charge in [-0.2, -0.15) is 0 Å². The molecule has 1 aromatic carbocycles. The Kier molecular flexibility index (Phi) is 12.5. The number of aromatic nitrogens is 1. The van der Waals surface area contributed by atoms with Crippen molar-refractivity contribution in [1.82, 2.24) is 0 Å². The van der Waals surface area contributed by atoms with Crippen molar-refractivity contribution >= 4 is 17.8 Å². The van der Waals surface area contributed by atoms with E-state index in [-0.39, 0.29) is 30.2 Å². The van der Waals surface area contributed by atoms with Gasteiger partial charge < -0.3 is 32.1 Å². The van der Waals surface area contributed by atoms with Crippen molar-refractivity contribution in [3.63, 3.8) is 0 Å². The smallest absolute Gasteiger partial charge is 0.169 e. The van der Waals surface area contributed by atoms with Gasteiger partial charge in [0.2, 0.25) is 0 Å². The van der Waals surface area contributed by atoms with Crippen LogP contribution in [0.15, 0.2) is 48.8 Å². The molecule has 0 unspecified atom stereocenters. The van der Waals surface area contributed by atoms with E-state index < -0.39 is 0 Å². The number of halogens is 1. The molecule has 2 rings (SSSR count). The molecule has 0 atom stereocenters. The van der Waals surface area contributed by atoms with Gasteiger partial charge in [0, 0.05) is 37.3 Å². The monoisotopic (exact) mass is 448 g/mol. The standard InChI is InChI=1S/C23H33N2O2.BrH/c1-2-3-4-5-14-24-15-12-22(13-16-24)7-6-21-8-10-23(11-9-21)25(17-19-26)18-20-27;/h6-13,15-16,26-27H,2-5,14,17-20H2,1H3;1H/q+1;/p-1. The van der Waals surface area contributed by atoms with E-state index >= 15 is 0 Å². The summed E-state index contributed by atoms with van der Waals surface area (Å²) < 4.78 is 2.25. The van der Waals surface area contributed by atoms with E-state index in [1.807, 2.05) is 17.0 Å². The first-order valence-electron chi connectivity index (χ1n) is 10.0. The van der Waals surface area contributed by atoms with Gasteiger partial charge in [0.05, 0.1) is 13.2 Å². The fourth-order valence-corrected chi connectivity index (χ4v) is 3.05. The summed E-state index contributed by atoms with van der Waals surface area (Å²) in [5, 5.41) is 18.3. The minimum atomic E-state index is 0. The molecule has 0 radical (unpaired) electrons. The van der Waals surface area contributed by atoms with Gasteiger partial charge in [-0.3, -0.25) is 0 Å². The van der Waals surface area contributed by atoms with Gasteiger partial charge in [-0.05, 0) is 29.7 Å². The van der Waals surface area contributed by atoms with Crippen LogP contribution in [0.3, 0.4) is 0 Å². The van der Waals surface area contributed by atoms with Gasteiger partial charge in [-0.15, -0.1) is 0 Å².